The van der Waals surface area contributed by atoms with E-state index in [0.717, 1.165) is 28.0 Å². The maximum Gasteiger partial charge on any atom is 0.261 e. The van der Waals surface area contributed by atoms with Crippen molar-refractivity contribution >= 4 is 39.1 Å². The number of aryl methyl sites for hydroxylation is 1. The van der Waals surface area contributed by atoms with Crippen molar-refractivity contribution in [1.29, 1.82) is 0 Å². The summed E-state index contributed by atoms with van der Waals surface area (Å²) in [5.41, 5.74) is 1.76. The maximum absolute atomic E-state index is 12.4. The Kier molecular flexibility index (Phi) is 6.84. The number of nitrogens with zero attached hydrogens (tertiary/aromatic N) is 2. The molecule has 0 fully saturated rings. The summed E-state index contributed by atoms with van der Waals surface area (Å²) in [5, 5.41) is 9.15. The lowest BCUT2D eigenvalue weighted by Crippen LogP contribution is -2.24. The first-order valence-electron chi connectivity index (χ1n) is 8.70. The number of rotatable bonds is 9. The number of methoxy groups -OCH3 is 1. The minimum Gasteiger partial charge on any atom is -0.382 e. The molecule has 0 radical (unpaired) electrons. The average Bonchev–Trinajstić information content (AvgIpc) is 3.22. The van der Waals surface area contributed by atoms with Crippen LogP contribution < -0.4 is 5.32 Å². The van der Waals surface area contributed by atoms with Crippen LogP contribution in [0.15, 0.2) is 30.3 Å². The second kappa shape index (κ2) is 9.32. The molecule has 2 heterocycles. The third kappa shape index (κ3) is 4.87. The number of aromatic nitrogens is 2. The topological polar surface area (TPSA) is 65.4 Å². The molecule has 6 nitrogen and oxygen atoms in total. The third-order valence-corrected chi connectivity index (χ3v) is 5.35. The maximum atomic E-state index is 12.4. The lowest BCUT2D eigenvalue weighted by molar-refractivity contribution is 0.0688. The molecule has 0 spiro atoms. The van der Waals surface area contributed by atoms with Gasteiger partial charge < -0.3 is 14.8 Å². The highest BCUT2D eigenvalue weighted by Crippen LogP contribution is 2.30. The molecule has 0 saturated heterocycles. The van der Waals surface area contributed by atoms with Crippen LogP contribution in [0.5, 0.6) is 0 Å². The van der Waals surface area contributed by atoms with Crippen LogP contribution in [0.3, 0.4) is 0 Å². The fraction of sp³-hybridized carbons (Fsp3) is 0.368. The van der Waals surface area contributed by atoms with Gasteiger partial charge in [0.15, 0.2) is 0 Å². The van der Waals surface area contributed by atoms with Gasteiger partial charge in [-0.15, -0.1) is 11.3 Å². The Morgan fingerprint density at radius 2 is 2.15 bits per heavy atom. The number of hydrogen-bond acceptors (Lipinski definition) is 5. The van der Waals surface area contributed by atoms with Crippen molar-refractivity contribution in [3.8, 4) is 5.69 Å². The van der Waals surface area contributed by atoms with E-state index in [1.807, 2.05) is 41.9 Å². The number of halogens is 1. The number of benzene rings is 1. The van der Waals surface area contributed by atoms with Crippen molar-refractivity contribution in [2.24, 2.45) is 0 Å². The van der Waals surface area contributed by atoms with Gasteiger partial charge in [0.05, 0.1) is 29.5 Å². The van der Waals surface area contributed by atoms with Gasteiger partial charge in [-0.2, -0.15) is 5.10 Å². The van der Waals surface area contributed by atoms with Crippen molar-refractivity contribution in [1.82, 2.24) is 15.1 Å². The number of ether oxygens (including phenoxy) is 2. The molecule has 144 valence electrons. The van der Waals surface area contributed by atoms with Crippen molar-refractivity contribution in [3.05, 3.63) is 45.9 Å². The van der Waals surface area contributed by atoms with Gasteiger partial charge >= 0.3 is 0 Å². The summed E-state index contributed by atoms with van der Waals surface area (Å²) < 4.78 is 12.1. The summed E-state index contributed by atoms with van der Waals surface area (Å²) in [5.74, 6) is -0.0786. The predicted molar refractivity (Wildman–Crippen MR) is 108 cm³/mol. The molecule has 0 aliphatic carbocycles. The predicted octanol–water partition coefficient (Wildman–Crippen LogP) is 3.83. The first-order valence-corrected chi connectivity index (χ1v) is 9.89. The molecule has 0 aliphatic rings. The Bertz CT molecular complexity index is 922. The molecule has 0 atom stereocenters. The summed E-state index contributed by atoms with van der Waals surface area (Å²) in [6, 6.07) is 9.41. The van der Waals surface area contributed by atoms with Crippen LogP contribution in [0.4, 0.5) is 0 Å². The van der Waals surface area contributed by atoms with Crippen LogP contribution in [0.1, 0.15) is 21.8 Å². The number of amides is 1. The van der Waals surface area contributed by atoms with Crippen LogP contribution in [0, 0.1) is 6.92 Å². The second-order valence-electron chi connectivity index (χ2n) is 6.02. The number of carbonyl (C=O) groups excluding carboxylic acids is 1. The van der Waals surface area contributed by atoms with E-state index in [1.165, 1.54) is 11.3 Å². The Hall–Kier alpha value is -1.93. The Morgan fingerprint density at radius 3 is 2.93 bits per heavy atom. The molecule has 0 aliphatic heterocycles. The molecule has 0 bridgehead atoms. The normalized spacial score (nSPS) is 11.2. The second-order valence-corrected chi connectivity index (χ2v) is 7.49. The summed E-state index contributed by atoms with van der Waals surface area (Å²) in [4.78, 5) is 14.0. The fourth-order valence-electron chi connectivity index (χ4n) is 2.65. The lowest BCUT2D eigenvalue weighted by Gasteiger charge is -2.05. The van der Waals surface area contributed by atoms with Gasteiger partial charge in [0.25, 0.3) is 5.91 Å². The Balaban J connectivity index is 1.66. The van der Waals surface area contributed by atoms with E-state index in [9.17, 15) is 4.79 Å². The molecule has 0 unspecified atom stereocenters. The zero-order valence-electron chi connectivity index (χ0n) is 15.3. The van der Waals surface area contributed by atoms with Gasteiger partial charge in [0.2, 0.25) is 0 Å². The number of thiophene rings is 1. The van der Waals surface area contributed by atoms with Crippen molar-refractivity contribution < 1.29 is 14.3 Å². The molecule has 1 N–H and O–H groups in total. The number of hydrogen-bond donors (Lipinski definition) is 1. The van der Waals surface area contributed by atoms with E-state index in [2.05, 4.69) is 10.4 Å². The molecule has 3 rings (SSSR count). The number of fused-ring (bicyclic) bond motifs is 1. The number of carbonyl (C=O) groups is 1. The van der Waals surface area contributed by atoms with E-state index in [4.69, 9.17) is 21.1 Å². The molecule has 27 heavy (non-hydrogen) atoms. The highest BCUT2D eigenvalue weighted by Gasteiger charge is 2.17. The summed E-state index contributed by atoms with van der Waals surface area (Å²) >= 11 is 7.53. The summed E-state index contributed by atoms with van der Waals surface area (Å²) in [6.45, 7) is 4.25. The molecule has 3 aromatic rings. The summed E-state index contributed by atoms with van der Waals surface area (Å²) in [6.07, 6.45) is 0.760. The number of nitrogens with one attached hydrogen (secondary N) is 1. The largest absolute Gasteiger partial charge is 0.382 e. The van der Waals surface area contributed by atoms with Crippen LogP contribution in [0.25, 0.3) is 15.9 Å². The van der Waals surface area contributed by atoms with Gasteiger partial charge in [-0.05, 0) is 37.6 Å². The molecule has 1 amide bonds. The third-order valence-electron chi connectivity index (χ3n) is 4.00. The lowest BCUT2D eigenvalue weighted by atomic mass is 10.3. The van der Waals surface area contributed by atoms with Crippen LogP contribution in [-0.2, 0) is 9.47 Å². The van der Waals surface area contributed by atoms with E-state index in [0.29, 0.717) is 36.3 Å². The van der Waals surface area contributed by atoms with E-state index in [-0.39, 0.29) is 5.91 Å². The Labute approximate surface area is 167 Å². The Morgan fingerprint density at radius 1 is 1.30 bits per heavy atom. The molecular formula is C19H22ClN3O3S. The van der Waals surface area contributed by atoms with Gasteiger partial charge in [-0.3, -0.25) is 4.79 Å². The highest BCUT2D eigenvalue weighted by molar-refractivity contribution is 7.20. The van der Waals surface area contributed by atoms with Gasteiger partial charge in [-0.1, -0.05) is 17.7 Å². The van der Waals surface area contributed by atoms with E-state index < -0.39 is 0 Å². The van der Waals surface area contributed by atoms with Gasteiger partial charge in [0.1, 0.15) is 4.83 Å². The quantitative estimate of drug-likeness (QED) is 0.547. The minimum absolute atomic E-state index is 0.0786. The van der Waals surface area contributed by atoms with Crippen molar-refractivity contribution in [2.75, 3.05) is 33.5 Å². The van der Waals surface area contributed by atoms with Gasteiger partial charge in [0, 0.05) is 30.7 Å². The monoisotopic (exact) mass is 407 g/mol. The summed E-state index contributed by atoms with van der Waals surface area (Å²) in [7, 11) is 1.64. The van der Waals surface area contributed by atoms with Crippen LogP contribution in [0.2, 0.25) is 5.02 Å². The first kappa shape index (κ1) is 19.8. The SMILES string of the molecule is COCCOCCCNC(=O)c1cc2c(C)nn(-c3cccc(Cl)c3)c2s1. The zero-order valence-corrected chi connectivity index (χ0v) is 16.9. The standard InChI is InChI=1S/C19H22ClN3O3S/c1-13-16-12-17(18(24)21-7-4-8-26-10-9-25-2)27-19(16)23(22-13)15-6-3-5-14(20)11-15/h3,5-6,11-12H,4,7-10H2,1-2H3,(H,21,24). The molecule has 0 saturated carbocycles. The highest BCUT2D eigenvalue weighted by atomic mass is 35.5. The first-order chi connectivity index (χ1) is 13.1. The molecule has 1 aromatic carbocycles. The fourth-order valence-corrected chi connectivity index (χ4v) is 3.93. The van der Waals surface area contributed by atoms with E-state index >= 15 is 0 Å². The van der Waals surface area contributed by atoms with Crippen LogP contribution in [-0.4, -0.2) is 49.2 Å². The molecule has 8 heteroatoms. The average molecular weight is 408 g/mol. The van der Waals surface area contributed by atoms with Crippen molar-refractivity contribution in [2.45, 2.75) is 13.3 Å². The van der Waals surface area contributed by atoms with E-state index in [1.54, 1.807) is 7.11 Å². The minimum atomic E-state index is -0.0786. The van der Waals surface area contributed by atoms with Crippen molar-refractivity contribution in [3.63, 3.8) is 0 Å². The molecular weight excluding hydrogens is 386 g/mol. The molecule has 2 aromatic heterocycles. The zero-order chi connectivity index (χ0) is 19.2. The smallest absolute Gasteiger partial charge is 0.261 e. The van der Waals surface area contributed by atoms with Gasteiger partial charge in [-0.25, -0.2) is 4.68 Å². The van der Waals surface area contributed by atoms with Crippen LogP contribution >= 0.6 is 22.9 Å².